The van der Waals surface area contributed by atoms with Crippen molar-refractivity contribution in [1.82, 2.24) is 4.57 Å². The number of para-hydroxylation sites is 2. The summed E-state index contributed by atoms with van der Waals surface area (Å²) in [6, 6.07) is 8.59. The molecule has 0 unspecified atom stereocenters. The maximum atomic E-state index is 5.98. The first-order valence-corrected chi connectivity index (χ1v) is 9.83. The van der Waals surface area contributed by atoms with Gasteiger partial charge < -0.3 is 17.1 Å². The summed E-state index contributed by atoms with van der Waals surface area (Å²) in [5.41, 5.74) is 2.55. The maximum Gasteiger partial charge on any atom is 0.258 e. The predicted molar refractivity (Wildman–Crippen MR) is 101 cm³/mol. The number of unbranched alkanes of at least 4 members (excludes halogenated alkanes) is 7. The molecule has 2 rings (SSSR count). The Morgan fingerprint density at radius 1 is 0.920 bits per heavy atom. The van der Waals surface area contributed by atoms with E-state index >= 15 is 0 Å². The van der Waals surface area contributed by atoms with Crippen molar-refractivity contribution in [3.8, 4) is 0 Å². The van der Waals surface area contributed by atoms with Crippen LogP contribution in [0.25, 0.3) is 11.0 Å². The van der Waals surface area contributed by atoms with Crippen LogP contribution in [0.1, 0.15) is 71.0 Å². The Kier molecular flexibility index (Phi) is 10.8. The van der Waals surface area contributed by atoms with Gasteiger partial charge in [-0.2, -0.15) is 0 Å². The van der Waals surface area contributed by atoms with E-state index in [0.717, 1.165) is 13.0 Å². The molecular weight excluding hydrogens is 332 g/mol. The quantitative estimate of drug-likeness (QED) is 0.416. The number of hydrogen-bond acceptors (Lipinski definition) is 1. The molecule has 1 aromatic carbocycles. The van der Waals surface area contributed by atoms with E-state index in [4.69, 9.17) is 4.74 Å². The van der Waals surface area contributed by atoms with Crippen LogP contribution in [0.4, 0.5) is 0 Å². The molecule has 3 nitrogen and oxygen atoms in total. The summed E-state index contributed by atoms with van der Waals surface area (Å²) >= 11 is 0. The first kappa shape index (κ1) is 22.0. The Bertz CT molecular complexity index is 609. The maximum absolute atomic E-state index is 5.98. The Morgan fingerprint density at radius 3 is 2.24 bits per heavy atom. The fraction of sp³-hybridized carbons (Fsp3) is 0.667. The number of aryl methyl sites for hydroxylation is 1. The Hall–Kier alpha value is -1.06. The lowest BCUT2D eigenvalue weighted by molar-refractivity contribution is -0.654. The third kappa shape index (κ3) is 6.31. The van der Waals surface area contributed by atoms with Gasteiger partial charge in [0, 0.05) is 6.42 Å². The van der Waals surface area contributed by atoms with Crippen LogP contribution in [-0.4, -0.2) is 11.2 Å². The summed E-state index contributed by atoms with van der Waals surface area (Å²) in [6.07, 6.45) is 11.8. The SMILES string of the molecule is CCCCCCCCCCOCn1c(CC)[n+](C)c2ccccc21.[Cl-]. The second-order valence-electron chi connectivity index (χ2n) is 6.76. The number of hydrogen-bond donors (Lipinski definition) is 0. The highest BCUT2D eigenvalue weighted by molar-refractivity contribution is 5.72. The monoisotopic (exact) mass is 366 g/mol. The summed E-state index contributed by atoms with van der Waals surface area (Å²) in [7, 11) is 2.15. The fourth-order valence-electron chi connectivity index (χ4n) is 3.50. The van der Waals surface area contributed by atoms with Crippen LogP contribution >= 0.6 is 0 Å². The van der Waals surface area contributed by atoms with Gasteiger partial charge in [0.2, 0.25) is 0 Å². The van der Waals surface area contributed by atoms with Crippen LogP contribution in [-0.2, 0) is 24.9 Å². The molecule has 0 radical (unpaired) electrons. The van der Waals surface area contributed by atoms with E-state index in [-0.39, 0.29) is 12.4 Å². The first-order valence-electron chi connectivity index (χ1n) is 9.83. The molecule has 0 aliphatic heterocycles. The zero-order valence-corrected chi connectivity index (χ0v) is 17.0. The molecule has 0 saturated carbocycles. The van der Waals surface area contributed by atoms with Crippen molar-refractivity contribution in [3.05, 3.63) is 30.1 Å². The third-order valence-corrected chi connectivity index (χ3v) is 4.91. The molecule has 1 heterocycles. The molecule has 0 N–H and O–H groups in total. The Balaban J connectivity index is 0.00000312. The lowest BCUT2D eigenvalue weighted by atomic mass is 10.1. The summed E-state index contributed by atoms with van der Waals surface area (Å²) in [4.78, 5) is 0. The molecule has 0 amide bonds. The molecule has 0 aliphatic rings. The average molecular weight is 367 g/mol. The minimum absolute atomic E-state index is 0. The molecule has 25 heavy (non-hydrogen) atoms. The zero-order chi connectivity index (χ0) is 17.2. The van der Waals surface area contributed by atoms with Gasteiger partial charge in [-0.15, -0.1) is 0 Å². The highest BCUT2D eigenvalue weighted by atomic mass is 35.5. The number of ether oxygens (including phenoxy) is 1. The van der Waals surface area contributed by atoms with Crippen LogP contribution in [0.15, 0.2) is 24.3 Å². The third-order valence-electron chi connectivity index (χ3n) is 4.91. The van der Waals surface area contributed by atoms with Gasteiger partial charge in [-0.25, -0.2) is 9.13 Å². The molecule has 2 aromatic rings. The number of imidazole rings is 1. The highest BCUT2D eigenvalue weighted by Crippen LogP contribution is 2.15. The Morgan fingerprint density at radius 2 is 1.56 bits per heavy atom. The van der Waals surface area contributed by atoms with Gasteiger partial charge in [0.25, 0.3) is 5.82 Å². The second-order valence-corrected chi connectivity index (χ2v) is 6.76. The number of rotatable bonds is 12. The van der Waals surface area contributed by atoms with Crippen LogP contribution in [0.3, 0.4) is 0 Å². The largest absolute Gasteiger partial charge is 1.00 e. The van der Waals surface area contributed by atoms with Gasteiger partial charge in [-0.3, -0.25) is 0 Å². The number of nitrogens with zero attached hydrogens (tertiary/aromatic N) is 2. The van der Waals surface area contributed by atoms with E-state index in [9.17, 15) is 0 Å². The second kappa shape index (κ2) is 12.3. The van der Waals surface area contributed by atoms with E-state index in [1.54, 1.807) is 0 Å². The highest BCUT2D eigenvalue weighted by Gasteiger charge is 2.20. The molecule has 142 valence electrons. The lowest BCUT2D eigenvalue weighted by Gasteiger charge is -2.05. The van der Waals surface area contributed by atoms with Crippen LogP contribution in [0, 0.1) is 0 Å². The standard InChI is InChI=1S/C21H35N2O.ClH/c1-4-6-7-8-9-10-11-14-17-24-18-23-20-16-13-12-15-19(20)22(3)21(23)5-2;/h12-13,15-16H,4-11,14,17-18H2,1-3H3;1H/q+1;/p-1. The van der Waals surface area contributed by atoms with E-state index in [1.165, 1.54) is 68.2 Å². The van der Waals surface area contributed by atoms with Gasteiger partial charge in [0.05, 0.1) is 13.7 Å². The molecule has 0 saturated heterocycles. The van der Waals surface area contributed by atoms with Gasteiger partial charge in [0.1, 0.15) is 0 Å². The van der Waals surface area contributed by atoms with Gasteiger partial charge in [-0.05, 0) is 18.6 Å². The van der Waals surface area contributed by atoms with E-state index in [0.29, 0.717) is 6.73 Å². The number of fused-ring (bicyclic) bond motifs is 1. The molecule has 0 spiro atoms. The zero-order valence-electron chi connectivity index (χ0n) is 16.3. The summed E-state index contributed by atoms with van der Waals surface area (Å²) in [5.74, 6) is 1.33. The van der Waals surface area contributed by atoms with Crippen molar-refractivity contribution >= 4 is 11.0 Å². The molecular formula is C21H35ClN2O. The van der Waals surface area contributed by atoms with E-state index in [1.807, 2.05) is 0 Å². The molecule has 4 heteroatoms. The summed E-state index contributed by atoms with van der Waals surface area (Å²) < 4.78 is 10.6. The van der Waals surface area contributed by atoms with Crippen molar-refractivity contribution in [2.24, 2.45) is 7.05 Å². The van der Waals surface area contributed by atoms with E-state index in [2.05, 4.69) is 54.3 Å². The lowest BCUT2D eigenvalue weighted by Crippen LogP contribution is -3.00. The minimum atomic E-state index is 0. The summed E-state index contributed by atoms with van der Waals surface area (Å²) in [5, 5.41) is 0. The van der Waals surface area contributed by atoms with Crippen molar-refractivity contribution in [2.45, 2.75) is 78.4 Å². The molecule has 0 atom stereocenters. The number of benzene rings is 1. The van der Waals surface area contributed by atoms with Crippen LogP contribution in [0.5, 0.6) is 0 Å². The molecule has 0 bridgehead atoms. The Labute approximate surface area is 159 Å². The van der Waals surface area contributed by atoms with Crippen molar-refractivity contribution in [3.63, 3.8) is 0 Å². The molecule has 1 aromatic heterocycles. The van der Waals surface area contributed by atoms with Crippen molar-refractivity contribution in [2.75, 3.05) is 6.61 Å². The molecule has 0 aliphatic carbocycles. The number of halogens is 1. The average Bonchev–Trinajstić information content (AvgIpc) is 2.88. The van der Waals surface area contributed by atoms with Crippen molar-refractivity contribution < 1.29 is 21.7 Å². The normalized spacial score (nSPS) is 11.0. The van der Waals surface area contributed by atoms with Crippen molar-refractivity contribution in [1.29, 1.82) is 0 Å². The topological polar surface area (TPSA) is 18.0 Å². The predicted octanol–water partition coefficient (Wildman–Crippen LogP) is 2.15. The fourth-order valence-corrected chi connectivity index (χ4v) is 3.50. The van der Waals surface area contributed by atoms with Gasteiger partial charge in [0.15, 0.2) is 17.8 Å². The van der Waals surface area contributed by atoms with E-state index < -0.39 is 0 Å². The minimum Gasteiger partial charge on any atom is -1.00 e. The smallest absolute Gasteiger partial charge is 0.258 e. The van der Waals surface area contributed by atoms with Crippen LogP contribution in [0.2, 0.25) is 0 Å². The van der Waals surface area contributed by atoms with Crippen LogP contribution < -0.4 is 17.0 Å². The van der Waals surface area contributed by atoms with Gasteiger partial charge >= 0.3 is 0 Å². The molecule has 0 fully saturated rings. The number of aromatic nitrogens is 2. The first-order chi connectivity index (χ1) is 11.8. The van der Waals surface area contributed by atoms with Gasteiger partial charge in [-0.1, -0.05) is 70.9 Å². The summed E-state index contributed by atoms with van der Waals surface area (Å²) in [6.45, 7) is 6.02.